The van der Waals surface area contributed by atoms with Gasteiger partial charge in [-0.25, -0.2) is 13.4 Å². The summed E-state index contributed by atoms with van der Waals surface area (Å²) in [5.74, 6) is 5.39. The van der Waals surface area contributed by atoms with Gasteiger partial charge in [0.15, 0.2) is 9.73 Å². The summed E-state index contributed by atoms with van der Waals surface area (Å²) >= 11 is 1.06. The van der Waals surface area contributed by atoms with Gasteiger partial charge in [-0.2, -0.15) is 26.3 Å². The number of fused-ring (bicyclic) bond motifs is 1. The second-order valence-corrected chi connectivity index (χ2v) is 12.8. The Bertz CT molecular complexity index is 1610. The molecule has 1 aliphatic rings. The van der Waals surface area contributed by atoms with E-state index in [2.05, 4.69) is 22.5 Å². The summed E-state index contributed by atoms with van der Waals surface area (Å²) in [5, 5.41) is 6.35. The lowest BCUT2D eigenvalue weighted by atomic mass is 10.0. The standard InChI is InChI=1S/C27H27F7N4O2S2/c1-38-12-10-20(19(28)15-38)37-22-6-3-5-17-18(14-26(29,30)31)24(41-25(17)22)7-4-11-36-21-9-8-16(13-23(21)40-2)42(35,39)27(32,33)34/h3,5-6,8-9,13,19-20,35-37H,10-12,14-15H2,1-2H3/t19-,20-,42?/m0/s1. The highest BCUT2D eigenvalue weighted by molar-refractivity contribution is 7.93. The molecule has 0 amide bonds. The number of alkyl halides is 7. The lowest BCUT2D eigenvalue weighted by molar-refractivity contribution is -0.126. The molecule has 6 nitrogen and oxygen atoms in total. The van der Waals surface area contributed by atoms with E-state index in [9.17, 15) is 34.9 Å². The monoisotopic (exact) mass is 636 g/mol. The molecule has 15 heteroatoms. The minimum Gasteiger partial charge on any atom is -0.495 e. The summed E-state index contributed by atoms with van der Waals surface area (Å²) in [6.07, 6.45) is -6.33. The van der Waals surface area contributed by atoms with Crippen LogP contribution in [0.5, 0.6) is 5.75 Å². The summed E-state index contributed by atoms with van der Waals surface area (Å²) in [6.45, 7) is 0.813. The Morgan fingerprint density at radius 2 is 1.90 bits per heavy atom. The number of hydrogen-bond acceptors (Lipinski definition) is 7. The third-order valence-corrected chi connectivity index (χ3v) is 9.45. The van der Waals surface area contributed by atoms with Crippen molar-refractivity contribution in [3.8, 4) is 17.6 Å². The van der Waals surface area contributed by atoms with Gasteiger partial charge >= 0.3 is 11.7 Å². The highest BCUT2D eigenvalue weighted by atomic mass is 32.2. The summed E-state index contributed by atoms with van der Waals surface area (Å²) in [6, 6.07) is 7.28. The van der Waals surface area contributed by atoms with Crippen LogP contribution in [0.25, 0.3) is 10.1 Å². The minimum absolute atomic E-state index is 0.00174. The number of benzene rings is 2. The van der Waals surface area contributed by atoms with Gasteiger partial charge in [0.2, 0.25) is 0 Å². The molecule has 2 heterocycles. The van der Waals surface area contributed by atoms with E-state index < -0.39 is 44.9 Å². The first-order chi connectivity index (χ1) is 19.6. The van der Waals surface area contributed by atoms with Crippen LogP contribution in [0.4, 0.5) is 42.1 Å². The number of nitrogens with zero attached hydrogens (tertiary/aromatic N) is 1. The maximum absolute atomic E-state index is 14.7. The number of rotatable bonds is 7. The number of halogens is 7. The zero-order valence-electron chi connectivity index (χ0n) is 22.4. The SMILES string of the molecule is COc1cc(S(=N)(=O)C(F)(F)F)ccc1NCC#Cc1sc2c(N[C@H]3CCN(C)C[C@@H]3F)cccc2c1CC(F)(F)F. The Morgan fingerprint density at radius 1 is 1.17 bits per heavy atom. The predicted molar refractivity (Wildman–Crippen MR) is 150 cm³/mol. The highest BCUT2D eigenvalue weighted by Gasteiger charge is 2.43. The van der Waals surface area contributed by atoms with Crippen molar-refractivity contribution in [2.75, 3.05) is 44.4 Å². The summed E-state index contributed by atoms with van der Waals surface area (Å²) < 4.78 is 119. The van der Waals surface area contributed by atoms with Crippen LogP contribution in [0.3, 0.4) is 0 Å². The first kappa shape index (κ1) is 31.7. The Kier molecular flexibility index (Phi) is 9.19. The van der Waals surface area contributed by atoms with E-state index in [1.54, 1.807) is 18.2 Å². The molecule has 0 spiro atoms. The average molecular weight is 637 g/mol. The molecule has 0 aliphatic carbocycles. The van der Waals surface area contributed by atoms with E-state index in [4.69, 9.17) is 9.52 Å². The Balaban J connectivity index is 1.60. The van der Waals surface area contributed by atoms with E-state index in [0.29, 0.717) is 28.7 Å². The van der Waals surface area contributed by atoms with Crippen LogP contribution in [-0.2, 0) is 16.1 Å². The molecule has 1 unspecified atom stereocenters. The van der Waals surface area contributed by atoms with Gasteiger partial charge < -0.3 is 20.3 Å². The topological polar surface area (TPSA) is 77.4 Å². The van der Waals surface area contributed by atoms with Crippen LogP contribution in [0.15, 0.2) is 41.3 Å². The number of ether oxygens (including phenoxy) is 1. The smallest absolute Gasteiger partial charge is 0.483 e. The van der Waals surface area contributed by atoms with Crippen LogP contribution >= 0.6 is 11.3 Å². The van der Waals surface area contributed by atoms with Crippen LogP contribution in [-0.4, -0.2) is 66.8 Å². The fraction of sp³-hybridized carbons (Fsp3) is 0.407. The van der Waals surface area contributed by atoms with Crippen LogP contribution < -0.4 is 15.4 Å². The fourth-order valence-electron chi connectivity index (χ4n) is 4.57. The van der Waals surface area contributed by atoms with Gasteiger partial charge in [-0.1, -0.05) is 24.0 Å². The molecular weight excluding hydrogens is 609 g/mol. The maximum Gasteiger partial charge on any atom is 0.483 e. The number of anilines is 2. The molecular formula is C27H27F7N4O2S2. The van der Waals surface area contributed by atoms with E-state index >= 15 is 0 Å². The molecule has 228 valence electrons. The molecule has 3 N–H and O–H groups in total. The van der Waals surface area contributed by atoms with Crippen molar-refractivity contribution in [3.05, 3.63) is 46.8 Å². The van der Waals surface area contributed by atoms with E-state index in [-0.39, 0.29) is 35.0 Å². The number of nitrogens with one attached hydrogen (secondary N) is 3. The van der Waals surface area contributed by atoms with E-state index in [1.807, 2.05) is 11.9 Å². The Morgan fingerprint density at radius 3 is 2.55 bits per heavy atom. The van der Waals surface area contributed by atoms with Crippen molar-refractivity contribution in [1.82, 2.24) is 4.90 Å². The third kappa shape index (κ3) is 7.04. The van der Waals surface area contributed by atoms with Gasteiger partial charge in [-0.3, -0.25) is 0 Å². The zero-order valence-corrected chi connectivity index (χ0v) is 24.0. The Labute approximate surface area is 242 Å². The minimum atomic E-state index is -5.27. The quantitative estimate of drug-likeness (QED) is 0.195. The fourth-order valence-corrected chi connectivity index (χ4v) is 6.54. The molecule has 1 saturated heterocycles. The number of piperidine rings is 1. The first-order valence-electron chi connectivity index (χ1n) is 12.6. The molecule has 42 heavy (non-hydrogen) atoms. The summed E-state index contributed by atoms with van der Waals surface area (Å²) in [5.41, 5.74) is -4.56. The molecule has 4 rings (SSSR count). The van der Waals surface area contributed by atoms with Crippen LogP contribution in [0.2, 0.25) is 0 Å². The second-order valence-electron chi connectivity index (χ2n) is 9.72. The average Bonchev–Trinajstić information content (AvgIpc) is 3.24. The third-order valence-electron chi connectivity index (χ3n) is 6.68. The van der Waals surface area contributed by atoms with E-state index in [1.165, 1.54) is 7.11 Å². The van der Waals surface area contributed by atoms with E-state index in [0.717, 1.165) is 29.5 Å². The lowest BCUT2D eigenvalue weighted by Gasteiger charge is -2.33. The largest absolute Gasteiger partial charge is 0.495 e. The van der Waals surface area contributed by atoms with Crippen molar-refractivity contribution in [2.45, 2.75) is 41.6 Å². The number of thiophene rings is 1. The summed E-state index contributed by atoms with van der Waals surface area (Å²) in [7, 11) is -2.09. The molecule has 1 aromatic heterocycles. The summed E-state index contributed by atoms with van der Waals surface area (Å²) in [4.78, 5) is 1.27. The van der Waals surface area contributed by atoms with Gasteiger partial charge in [0, 0.05) is 13.1 Å². The van der Waals surface area contributed by atoms with Gasteiger partial charge in [0.25, 0.3) is 0 Å². The molecule has 2 aromatic carbocycles. The maximum atomic E-state index is 14.7. The predicted octanol–water partition coefficient (Wildman–Crippen LogP) is 6.86. The molecule has 3 atom stereocenters. The first-order valence-corrected chi connectivity index (χ1v) is 14.9. The van der Waals surface area contributed by atoms with Crippen molar-refractivity contribution >= 4 is 42.5 Å². The zero-order chi connectivity index (χ0) is 30.9. The van der Waals surface area contributed by atoms with Crippen molar-refractivity contribution in [3.63, 3.8) is 0 Å². The van der Waals surface area contributed by atoms with Crippen LogP contribution in [0.1, 0.15) is 16.9 Å². The normalized spacial score (nSPS) is 19.5. The molecule has 3 aromatic rings. The van der Waals surface area contributed by atoms with Crippen molar-refractivity contribution in [1.29, 1.82) is 4.78 Å². The molecule has 0 bridgehead atoms. The molecule has 0 radical (unpaired) electrons. The van der Waals surface area contributed by atoms with Gasteiger partial charge in [0.1, 0.15) is 11.9 Å². The highest BCUT2D eigenvalue weighted by Crippen LogP contribution is 2.40. The van der Waals surface area contributed by atoms with Crippen molar-refractivity contribution < 1.29 is 39.7 Å². The molecule has 1 aliphatic heterocycles. The van der Waals surface area contributed by atoms with Crippen molar-refractivity contribution in [2.24, 2.45) is 0 Å². The van der Waals surface area contributed by atoms with Crippen LogP contribution in [0, 0.1) is 16.6 Å². The van der Waals surface area contributed by atoms with Gasteiger partial charge in [-0.05, 0) is 48.7 Å². The second kappa shape index (κ2) is 12.2. The number of methoxy groups -OCH3 is 1. The number of hydrogen-bond donors (Lipinski definition) is 3. The molecule has 1 fully saturated rings. The lowest BCUT2D eigenvalue weighted by Crippen LogP contribution is -2.46. The van der Waals surface area contributed by atoms with Gasteiger partial charge in [0.05, 0.1) is 52.0 Å². The molecule has 0 saturated carbocycles. The Hall–Kier alpha value is -3.22. The van der Waals surface area contributed by atoms with Gasteiger partial charge in [-0.15, -0.1) is 11.3 Å². The number of likely N-dealkylation sites (tertiary alicyclic amines) is 1.